The molecule has 34 heavy (non-hydrogen) atoms. The number of hydrazine groups is 2. The van der Waals surface area contributed by atoms with Gasteiger partial charge in [0.1, 0.15) is 17.2 Å². The van der Waals surface area contributed by atoms with E-state index in [4.69, 9.17) is 0 Å². The highest BCUT2D eigenvalue weighted by molar-refractivity contribution is 5.95. The van der Waals surface area contributed by atoms with Crippen LogP contribution < -0.4 is 15.6 Å². The van der Waals surface area contributed by atoms with E-state index in [1.165, 1.54) is 0 Å². The van der Waals surface area contributed by atoms with Gasteiger partial charge < -0.3 is 20.0 Å². The standard InChI is InChI=1S/C26H27N5O3/c1-28-14-16-29(17-15-28)26(34)19-10-12-20(13-11-19)31-23(21-6-2-4-8-24(21)32)18-30(27-31)22-7-3-5-9-25(22)33/h2-13,18,27,32-33H,14-17H2,1H3. The van der Waals surface area contributed by atoms with Gasteiger partial charge in [-0.2, -0.15) is 0 Å². The molecular weight excluding hydrogens is 430 g/mol. The van der Waals surface area contributed by atoms with Gasteiger partial charge in [0.2, 0.25) is 0 Å². The number of rotatable bonds is 4. The Hall–Kier alpha value is -4.01. The second kappa shape index (κ2) is 9.09. The summed E-state index contributed by atoms with van der Waals surface area (Å²) in [6, 6.07) is 21.5. The van der Waals surface area contributed by atoms with Crippen molar-refractivity contribution in [2.45, 2.75) is 0 Å². The van der Waals surface area contributed by atoms with E-state index in [0.717, 1.165) is 31.9 Å². The maximum absolute atomic E-state index is 12.9. The summed E-state index contributed by atoms with van der Waals surface area (Å²) in [7, 11) is 2.06. The molecule has 0 bridgehead atoms. The molecule has 1 amide bonds. The van der Waals surface area contributed by atoms with Crippen molar-refractivity contribution in [3.05, 3.63) is 90.1 Å². The topological polar surface area (TPSA) is 82.5 Å². The predicted octanol–water partition coefficient (Wildman–Crippen LogP) is 3.23. The van der Waals surface area contributed by atoms with Crippen molar-refractivity contribution in [1.82, 2.24) is 15.3 Å². The first-order chi connectivity index (χ1) is 16.5. The Labute approximate surface area is 198 Å². The van der Waals surface area contributed by atoms with Crippen LogP contribution in [0.4, 0.5) is 11.4 Å². The van der Waals surface area contributed by atoms with Gasteiger partial charge in [-0.1, -0.05) is 24.3 Å². The fourth-order valence-electron chi connectivity index (χ4n) is 4.18. The molecule has 174 valence electrons. The van der Waals surface area contributed by atoms with Gasteiger partial charge in [-0.3, -0.25) is 14.8 Å². The normalized spacial score (nSPS) is 16.6. The molecule has 2 heterocycles. The lowest BCUT2D eigenvalue weighted by Gasteiger charge is -2.32. The van der Waals surface area contributed by atoms with E-state index in [9.17, 15) is 15.0 Å². The lowest BCUT2D eigenvalue weighted by atomic mass is 10.1. The van der Waals surface area contributed by atoms with Crippen LogP contribution in [0.2, 0.25) is 0 Å². The molecule has 5 rings (SSSR count). The fourth-order valence-corrected chi connectivity index (χ4v) is 4.18. The molecule has 1 fully saturated rings. The fraction of sp³-hybridized carbons (Fsp3) is 0.192. The van der Waals surface area contributed by atoms with E-state index in [1.54, 1.807) is 35.3 Å². The maximum Gasteiger partial charge on any atom is 0.253 e. The minimum atomic E-state index is 0.0290. The Morgan fingerprint density at radius 1 is 0.824 bits per heavy atom. The summed E-state index contributed by atoms with van der Waals surface area (Å²) in [6.07, 6.45) is 1.81. The molecule has 3 N–H and O–H groups in total. The van der Waals surface area contributed by atoms with Crippen LogP contribution >= 0.6 is 0 Å². The highest BCUT2D eigenvalue weighted by Gasteiger charge is 2.28. The van der Waals surface area contributed by atoms with Crippen LogP contribution in [0.25, 0.3) is 5.70 Å². The van der Waals surface area contributed by atoms with E-state index in [2.05, 4.69) is 17.5 Å². The molecule has 3 aromatic rings. The number of benzene rings is 3. The molecule has 8 nitrogen and oxygen atoms in total. The van der Waals surface area contributed by atoms with Crippen molar-refractivity contribution in [1.29, 1.82) is 0 Å². The van der Waals surface area contributed by atoms with Gasteiger partial charge in [-0.05, 0) is 55.6 Å². The van der Waals surface area contributed by atoms with Crippen LogP contribution in [-0.4, -0.2) is 59.1 Å². The highest BCUT2D eigenvalue weighted by atomic mass is 16.3. The maximum atomic E-state index is 12.9. The van der Waals surface area contributed by atoms with Crippen LogP contribution in [0, 0.1) is 0 Å². The second-order valence-electron chi connectivity index (χ2n) is 8.47. The Kier molecular flexibility index (Phi) is 5.83. The largest absolute Gasteiger partial charge is 0.507 e. The van der Waals surface area contributed by atoms with Crippen molar-refractivity contribution in [2.24, 2.45) is 0 Å². The van der Waals surface area contributed by atoms with Crippen LogP contribution in [0.3, 0.4) is 0 Å². The van der Waals surface area contributed by atoms with Gasteiger partial charge in [0.05, 0.1) is 11.4 Å². The van der Waals surface area contributed by atoms with E-state index in [1.807, 2.05) is 58.6 Å². The predicted molar refractivity (Wildman–Crippen MR) is 132 cm³/mol. The number of piperazine rings is 1. The summed E-state index contributed by atoms with van der Waals surface area (Å²) in [5.74, 6) is 0.292. The second-order valence-corrected chi connectivity index (χ2v) is 8.47. The summed E-state index contributed by atoms with van der Waals surface area (Å²) >= 11 is 0. The highest BCUT2D eigenvalue weighted by Crippen LogP contribution is 2.37. The first-order valence-corrected chi connectivity index (χ1v) is 11.2. The lowest BCUT2D eigenvalue weighted by Crippen LogP contribution is -2.47. The summed E-state index contributed by atoms with van der Waals surface area (Å²) in [5.41, 5.74) is 6.57. The van der Waals surface area contributed by atoms with Crippen LogP contribution in [0.1, 0.15) is 15.9 Å². The summed E-state index contributed by atoms with van der Waals surface area (Å²) in [4.78, 5) is 17.0. The first kappa shape index (κ1) is 21.8. The molecule has 1 saturated heterocycles. The number of carbonyl (C=O) groups is 1. The number of hydrogen-bond acceptors (Lipinski definition) is 7. The Bertz CT molecular complexity index is 1220. The molecule has 2 aliphatic rings. The SMILES string of the molecule is CN1CCN(C(=O)c2ccc(N3NN(c4ccccc4O)C=C3c3ccccc3O)cc2)CC1. The minimum Gasteiger partial charge on any atom is -0.507 e. The molecule has 0 radical (unpaired) electrons. The quantitative estimate of drug-likeness (QED) is 0.555. The average molecular weight is 458 g/mol. The zero-order valence-electron chi connectivity index (χ0n) is 18.9. The molecule has 0 aliphatic carbocycles. The summed E-state index contributed by atoms with van der Waals surface area (Å²) in [6.45, 7) is 3.19. The number of nitrogens with one attached hydrogen (secondary N) is 1. The number of phenols is 2. The first-order valence-electron chi connectivity index (χ1n) is 11.2. The van der Waals surface area contributed by atoms with E-state index in [0.29, 0.717) is 22.5 Å². The van der Waals surface area contributed by atoms with Gasteiger partial charge >= 0.3 is 0 Å². The molecule has 0 spiro atoms. The van der Waals surface area contributed by atoms with Gasteiger partial charge in [0, 0.05) is 43.5 Å². The van der Waals surface area contributed by atoms with E-state index >= 15 is 0 Å². The molecule has 3 aromatic carbocycles. The third-order valence-electron chi connectivity index (χ3n) is 6.18. The number of anilines is 2. The van der Waals surface area contributed by atoms with Crippen LogP contribution in [-0.2, 0) is 0 Å². The number of hydrogen-bond donors (Lipinski definition) is 3. The van der Waals surface area contributed by atoms with Crippen molar-refractivity contribution < 1.29 is 15.0 Å². The minimum absolute atomic E-state index is 0.0290. The smallest absolute Gasteiger partial charge is 0.253 e. The zero-order chi connectivity index (χ0) is 23.7. The van der Waals surface area contributed by atoms with Gasteiger partial charge in [0.25, 0.3) is 5.91 Å². The third kappa shape index (κ3) is 4.16. The van der Waals surface area contributed by atoms with Crippen molar-refractivity contribution in [3.63, 3.8) is 0 Å². The molecule has 0 saturated carbocycles. The Balaban J connectivity index is 1.44. The van der Waals surface area contributed by atoms with Crippen LogP contribution in [0.15, 0.2) is 79.0 Å². The number of aromatic hydroxyl groups is 2. The number of phenolic OH excluding ortho intramolecular Hbond substituents is 2. The number of nitrogens with zero attached hydrogens (tertiary/aromatic N) is 4. The van der Waals surface area contributed by atoms with Crippen LogP contribution in [0.5, 0.6) is 11.5 Å². The van der Waals surface area contributed by atoms with Gasteiger partial charge in [-0.25, -0.2) is 0 Å². The number of para-hydroxylation sites is 3. The Morgan fingerprint density at radius 2 is 1.47 bits per heavy atom. The van der Waals surface area contributed by atoms with E-state index in [-0.39, 0.29) is 17.4 Å². The summed E-state index contributed by atoms with van der Waals surface area (Å²) < 4.78 is 0. The molecule has 2 aliphatic heterocycles. The van der Waals surface area contributed by atoms with Gasteiger partial charge in [0.15, 0.2) is 0 Å². The number of amides is 1. The average Bonchev–Trinajstić information content (AvgIpc) is 3.30. The molecule has 8 heteroatoms. The molecule has 0 aromatic heterocycles. The Morgan fingerprint density at radius 3 is 2.15 bits per heavy atom. The molecular formula is C26H27N5O3. The van der Waals surface area contributed by atoms with E-state index < -0.39 is 0 Å². The lowest BCUT2D eigenvalue weighted by molar-refractivity contribution is 0.0664. The number of carbonyl (C=O) groups excluding carboxylic acids is 1. The third-order valence-corrected chi connectivity index (χ3v) is 6.18. The van der Waals surface area contributed by atoms with Gasteiger partial charge in [-0.15, -0.1) is 5.53 Å². The molecule has 0 atom stereocenters. The molecule has 0 unspecified atom stereocenters. The summed E-state index contributed by atoms with van der Waals surface area (Å²) in [5, 5.41) is 24.4. The van der Waals surface area contributed by atoms with Crippen molar-refractivity contribution in [3.8, 4) is 11.5 Å². The zero-order valence-corrected chi connectivity index (χ0v) is 18.9. The monoisotopic (exact) mass is 457 g/mol. The van der Waals surface area contributed by atoms with Crippen molar-refractivity contribution in [2.75, 3.05) is 43.2 Å². The number of likely N-dealkylation sites (N-methyl/N-ethyl adjacent to an activating group) is 1. The van der Waals surface area contributed by atoms with Crippen molar-refractivity contribution >= 4 is 23.0 Å².